The summed E-state index contributed by atoms with van der Waals surface area (Å²) in [7, 11) is 0. The van der Waals surface area contributed by atoms with Crippen molar-refractivity contribution in [1.82, 2.24) is 0 Å². The molecule has 27 heavy (non-hydrogen) atoms. The van der Waals surface area contributed by atoms with Crippen molar-refractivity contribution >= 4 is 39.3 Å². The van der Waals surface area contributed by atoms with Crippen LogP contribution in [-0.2, 0) is 10.5 Å². The van der Waals surface area contributed by atoms with Gasteiger partial charge in [-0.25, -0.2) is 0 Å². The van der Waals surface area contributed by atoms with Crippen molar-refractivity contribution in [2.45, 2.75) is 23.7 Å². The minimum atomic E-state index is -0.584. The van der Waals surface area contributed by atoms with E-state index in [1.165, 1.54) is 10.5 Å². The highest BCUT2D eigenvalue weighted by atomic mass is 79.9. The molecule has 3 nitrogen and oxygen atoms in total. The predicted molar refractivity (Wildman–Crippen MR) is 115 cm³/mol. The number of hydrogen-bond acceptors (Lipinski definition) is 3. The lowest BCUT2D eigenvalue weighted by Crippen LogP contribution is -2.30. The number of hydrogen-bond donors (Lipinski definition) is 1. The van der Waals surface area contributed by atoms with Gasteiger partial charge in [-0.1, -0.05) is 46.3 Å². The Bertz CT molecular complexity index is 867. The normalized spacial score (nSPS) is 11.6. The second-order valence-corrected chi connectivity index (χ2v) is 7.97. The van der Waals surface area contributed by atoms with E-state index >= 15 is 0 Å². The smallest absolute Gasteiger partial charge is 0.265 e. The molecule has 0 aromatic heterocycles. The topological polar surface area (TPSA) is 38.3 Å². The minimum Gasteiger partial charge on any atom is -0.481 e. The number of anilines is 1. The first-order valence-electron chi connectivity index (χ1n) is 8.60. The Kier molecular flexibility index (Phi) is 6.96. The van der Waals surface area contributed by atoms with Crippen LogP contribution in [0.25, 0.3) is 0 Å². The number of carbonyl (C=O) groups excluding carboxylic acids is 1. The van der Waals surface area contributed by atoms with Crippen LogP contribution in [0.1, 0.15) is 12.5 Å². The second kappa shape index (κ2) is 9.62. The third-order valence-corrected chi connectivity index (χ3v) is 5.48. The molecule has 0 bridgehead atoms. The Morgan fingerprint density at radius 3 is 2.33 bits per heavy atom. The van der Waals surface area contributed by atoms with Crippen molar-refractivity contribution in [2.24, 2.45) is 0 Å². The molecule has 0 unspecified atom stereocenters. The molecule has 0 spiro atoms. The summed E-state index contributed by atoms with van der Waals surface area (Å²) in [6, 6.07) is 25.6. The van der Waals surface area contributed by atoms with Gasteiger partial charge in [0.15, 0.2) is 6.10 Å². The lowest BCUT2D eigenvalue weighted by Gasteiger charge is -2.15. The molecule has 5 heteroatoms. The lowest BCUT2D eigenvalue weighted by atomic mass is 10.2. The molecule has 0 fully saturated rings. The third kappa shape index (κ3) is 6.15. The van der Waals surface area contributed by atoms with Crippen molar-refractivity contribution in [3.8, 4) is 5.75 Å². The average Bonchev–Trinajstić information content (AvgIpc) is 2.70. The van der Waals surface area contributed by atoms with E-state index in [9.17, 15) is 4.79 Å². The van der Waals surface area contributed by atoms with E-state index in [0.29, 0.717) is 5.75 Å². The molecule has 3 aromatic carbocycles. The predicted octanol–water partition coefficient (Wildman–Crippen LogP) is 6.15. The van der Waals surface area contributed by atoms with E-state index in [-0.39, 0.29) is 5.91 Å². The number of rotatable bonds is 7. The van der Waals surface area contributed by atoms with Gasteiger partial charge in [0.05, 0.1) is 0 Å². The van der Waals surface area contributed by atoms with Crippen molar-refractivity contribution in [1.29, 1.82) is 0 Å². The summed E-state index contributed by atoms with van der Waals surface area (Å²) in [5.74, 6) is 1.37. The molecule has 3 aromatic rings. The van der Waals surface area contributed by atoms with E-state index < -0.39 is 6.10 Å². The van der Waals surface area contributed by atoms with Gasteiger partial charge in [-0.05, 0) is 61.0 Å². The minimum absolute atomic E-state index is 0.177. The van der Waals surface area contributed by atoms with Gasteiger partial charge in [-0.3, -0.25) is 4.79 Å². The number of thioether (sulfide) groups is 1. The molecule has 3 rings (SSSR count). The van der Waals surface area contributed by atoms with Gasteiger partial charge in [0, 0.05) is 20.8 Å². The number of carbonyl (C=O) groups is 1. The Morgan fingerprint density at radius 1 is 1.00 bits per heavy atom. The number of ether oxygens (including phenoxy) is 1. The molecule has 138 valence electrons. The first-order valence-corrected chi connectivity index (χ1v) is 10.4. The lowest BCUT2D eigenvalue weighted by molar-refractivity contribution is -0.122. The van der Waals surface area contributed by atoms with Gasteiger partial charge in [-0.2, -0.15) is 0 Å². The average molecular weight is 442 g/mol. The molecule has 0 radical (unpaired) electrons. The largest absolute Gasteiger partial charge is 0.481 e. The zero-order chi connectivity index (χ0) is 19.1. The highest BCUT2D eigenvalue weighted by Crippen LogP contribution is 2.23. The third-order valence-electron chi connectivity index (χ3n) is 3.87. The Balaban J connectivity index is 1.51. The summed E-state index contributed by atoms with van der Waals surface area (Å²) in [4.78, 5) is 13.6. The maximum Gasteiger partial charge on any atom is 0.265 e. The fourth-order valence-corrected chi connectivity index (χ4v) is 3.52. The summed E-state index contributed by atoms with van der Waals surface area (Å²) >= 11 is 5.17. The summed E-state index contributed by atoms with van der Waals surface area (Å²) in [5.41, 5.74) is 1.97. The van der Waals surface area contributed by atoms with Gasteiger partial charge in [0.2, 0.25) is 0 Å². The number of benzene rings is 3. The fourth-order valence-electron chi connectivity index (χ4n) is 2.38. The van der Waals surface area contributed by atoms with Crippen LogP contribution in [0.3, 0.4) is 0 Å². The standard InChI is InChI=1S/C22H20BrNO2S/c1-16(26-20-13-9-18(23)10-14-20)22(25)24-19-11-7-17(8-12-19)15-27-21-5-3-2-4-6-21/h2-14,16H,15H2,1H3,(H,24,25)/t16-/m0/s1. The highest BCUT2D eigenvalue weighted by molar-refractivity contribution is 9.10. The highest BCUT2D eigenvalue weighted by Gasteiger charge is 2.14. The van der Waals surface area contributed by atoms with Crippen molar-refractivity contribution in [3.05, 3.63) is 88.9 Å². The van der Waals surface area contributed by atoms with Crippen LogP contribution in [0, 0.1) is 0 Å². The number of amides is 1. The first kappa shape index (κ1) is 19.5. The number of halogens is 1. The Morgan fingerprint density at radius 2 is 1.67 bits per heavy atom. The van der Waals surface area contributed by atoms with Gasteiger partial charge in [-0.15, -0.1) is 11.8 Å². The Hall–Kier alpha value is -2.24. The van der Waals surface area contributed by atoms with E-state index in [1.54, 1.807) is 18.7 Å². The first-order chi connectivity index (χ1) is 13.1. The molecule has 0 saturated carbocycles. The van der Waals surface area contributed by atoms with E-state index in [1.807, 2.05) is 66.7 Å². The molecule has 0 aliphatic rings. The van der Waals surface area contributed by atoms with Crippen LogP contribution in [0.15, 0.2) is 88.2 Å². The molecule has 0 heterocycles. The SMILES string of the molecule is C[C@H](Oc1ccc(Br)cc1)C(=O)Nc1ccc(CSc2ccccc2)cc1. The molecular weight excluding hydrogens is 422 g/mol. The van der Waals surface area contributed by atoms with Crippen molar-refractivity contribution < 1.29 is 9.53 Å². The van der Waals surface area contributed by atoms with Gasteiger partial charge < -0.3 is 10.1 Å². The van der Waals surface area contributed by atoms with E-state index in [0.717, 1.165) is 15.9 Å². The van der Waals surface area contributed by atoms with Gasteiger partial charge >= 0.3 is 0 Å². The monoisotopic (exact) mass is 441 g/mol. The maximum absolute atomic E-state index is 12.3. The number of nitrogens with one attached hydrogen (secondary N) is 1. The molecule has 1 N–H and O–H groups in total. The molecule has 1 amide bonds. The van der Waals surface area contributed by atoms with Gasteiger partial charge in [0.25, 0.3) is 5.91 Å². The summed E-state index contributed by atoms with van der Waals surface area (Å²) in [6.07, 6.45) is -0.584. The van der Waals surface area contributed by atoms with Gasteiger partial charge in [0.1, 0.15) is 5.75 Å². The Labute approximate surface area is 172 Å². The zero-order valence-corrected chi connectivity index (χ0v) is 17.3. The van der Waals surface area contributed by atoms with Crippen LogP contribution < -0.4 is 10.1 Å². The van der Waals surface area contributed by atoms with E-state index in [4.69, 9.17) is 4.74 Å². The van der Waals surface area contributed by atoms with Crippen LogP contribution in [-0.4, -0.2) is 12.0 Å². The quantitative estimate of drug-likeness (QED) is 0.446. The summed E-state index contributed by atoms with van der Waals surface area (Å²) < 4.78 is 6.65. The van der Waals surface area contributed by atoms with Crippen molar-refractivity contribution in [3.63, 3.8) is 0 Å². The van der Waals surface area contributed by atoms with Crippen LogP contribution in [0.5, 0.6) is 5.75 Å². The van der Waals surface area contributed by atoms with Crippen LogP contribution in [0.4, 0.5) is 5.69 Å². The molecule has 0 saturated heterocycles. The molecule has 0 aliphatic heterocycles. The van der Waals surface area contributed by atoms with E-state index in [2.05, 4.69) is 33.4 Å². The maximum atomic E-state index is 12.3. The molecular formula is C22H20BrNO2S. The summed E-state index contributed by atoms with van der Waals surface area (Å²) in [6.45, 7) is 1.74. The fraction of sp³-hybridized carbons (Fsp3) is 0.136. The van der Waals surface area contributed by atoms with Crippen LogP contribution >= 0.6 is 27.7 Å². The van der Waals surface area contributed by atoms with Crippen molar-refractivity contribution in [2.75, 3.05) is 5.32 Å². The van der Waals surface area contributed by atoms with Crippen LogP contribution in [0.2, 0.25) is 0 Å². The second-order valence-electron chi connectivity index (χ2n) is 6.00. The molecule has 1 atom stereocenters. The zero-order valence-electron chi connectivity index (χ0n) is 14.9. The molecule has 0 aliphatic carbocycles. The summed E-state index contributed by atoms with van der Waals surface area (Å²) in [5, 5.41) is 2.89.